The van der Waals surface area contributed by atoms with E-state index in [1.54, 1.807) is 0 Å². The maximum Gasteiger partial charge on any atom is 0.220 e. The van der Waals surface area contributed by atoms with E-state index in [2.05, 4.69) is 24.4 Å². The highest BCUT2D eigenvalue weighted by Gasteiger charge is 2.12. The topological polar surface area (TPSA) is 38.3 Å². The summed E-state index contributed by atoms with van der Waals surface area (Å²) in [6.45, 7) is 2.75. The Bertz CT molecular complexity index is 500. The number of ether oxygens (including phenoxy) is 1. The summed E-state index contributed by atoms with van der Waals surface area (Å²) in [5, 5.41) is 3.29. The fraction of sp³-hybridized carbons (Fsp3) is 0.708. The average molecular weight is 374 g/mol. The number of nitrogens with one attached hydrogen (secondary N) is 1. The monoisotopic (exact) mass is 373 g/mol. The lowest BCUT2D eigenvalue weighted by Gasteiger charge is -2.19. The quantitative estimate of drug-likeness (QED) is 0.578. The van der Waals surface area contributed by atoms with Gasteiger partial charge in [0.1, 0.15) is 5.75 Å². The summed E-state index contributed by atoms with van der Waals surface area (Å²) in [6.07, 6.45) is 16.7. The van der Waals surface area contributed by atoms with Gasteiger partial charge in [0.2, 0.25) is 5.91 Å². The highest BCUT2D eigenvalue weighted by atomic mass is 16.5. The molecule has 1 aromatic rings. The normalized spacial score (nSPS) is 17.5. The molecule has 0 spiro atoms. The lowest BCUT2D eigenvalue weighted by Crippen LogP contribution is -2.35. The molecule has 0 radical (unpaired) electrons. The molecule has 1 aliphatic rings. The van der Waals surface area contributed by atoms with Crippen LogP contribution in [0.1, 0.15) is 96.0 Å². The minimum atomic E-state index is 0.192. The third-order valence-corrected chi connectivity index (χ3v) is 5.62. The van der Waals surface area contributed by atoms with Crippen LogP contribution in [0.2, 0.25) is 0 Å². The molecule has 0 aromatic heterocycles. The Morgan fingerprint density at radius 1 is 0.926 bits per heavy atom. The van der Waals surface area contributed by atoms with Gasteiger partial charge in [-0.05, 0) is 43.4 Å². The second kappa shape index (κ2) is 13.6. The van der Waals surface area contributed by atoms with Crippen LogP contribution in [-0.2, 0) is 11.2 Å². The number of carbonyl (C=O) groups is 1. The minimum Gasteiger partial charge on any atom is -0.494 e. The fourth-order valence-electron chi connectivity index (χ4n) is 3.85. The van der Waals surface area contributed by atoms with Crippen LogP contribution in [-0.4, -0.2) is 18.6 Å². The first-order valence-electron chi connectivity index (χ1n) is 11.3. The fourth-order valence-corrected chi connectivity index (χ4v) is 3.85. The molecule has 152 valence electrons. The van der Waals surface area contributed by atoms with Crippen LogP contribution in [0.25, 0.3) is 0 Å². The zero-order valence-corrected chi connectivity index (χ0v) is 17.3. The molecule has 0 aliphatic heterocycles. The highest BCUT2D eigenvalue weighted by Crippen LogP contribution is 2.17. The largest absolute Gasteiger partial charge is 0.494 e. The molecular weight excluding hydrogens is 334 g/mol. The standard InChI is InChI=1S/C24H39NO2/c1-2-21-16-18-23(19-17-21)27-20-12-15-24(26)25-22-13-10-8-6-4-3-5-7-9-11-14-22/h16-19,22H,2-15,20H2,1H3,(H,25,26). The van der Waals surface area contributed by atoms with Gasteiger partial charge in [0, 0.05) is 12.5 Å². The molecule has 1 aliphatic carbocycles. The van der Waals surface area contributed by atoms with E-state index >= 15 is 0 Å². The summed E-state index contributed by atoms with van der Waals surface area (Å²) in [7, 11) is 0. The smallest absolute Gasteiger partial charge is 0.220 e. The first-order valence-corrected chi connectivity index (χ1v) is 11.3. The molecule has 1 amide bonds. The second-order valence-corrected chi connectivity index (χ2v) is 7.97. The molecule has 0 atom stereocenters. The average Bonchev–Trinajstić information content (AvgIpc) is 2.68. The molecule has 3 heteroatoms. The Morgan fingerprint density at radius 2 is 1.48 bits per heavy atom. The van der Waals surface area contributed by atoms with Crippen molar-refractivity contribution in [3.63, 3.8) is 0 Å². The highest BCUT2D eigenvalue weighted by molar-refractivity contribution is 5.76. The summed E-state index contributed by atoms with van der Waals surface area (Å²) in [4.78, 5) is 12.3. The molecule has 0 bridgehead atoms. The van der Waals surface area contributed by atoms with E-state index < -0.39 is 0 Å². The van der Waals surface area contributed by atoms with E-state index in [1.807, 2.05) is 12.1 Å². The molecule has 27 heavy (non-hydrogen) atoms. The molecule has 0 saturated heterocycles. The Labute approximate surface area is 166 Å². The van der Waals surface area contributed by atoms with Crippen molar-refractivity contribution in [1.29, 1.82) is 0 Å². The maximum absolute atomic E-state index is 12.3. The van der Waals surface area contributed by atoms with Crippen molar-refractivity contribution in [2.45, 2.75) is 103 Å². The number of amides is 1. The van der Waals surface area contributed by atoms with Gasteiger partial charge in [-0.2, -0.15) is 0 Å². The third-order valence-electron chi connectivity index (χ3n) is 5.62. The first-order chi connectivity index (χ1) is 13.3. The molecule has 0 unspecified atom stereocenters. The van der Waals surface area contributed by atoms with Crippen LogP contribution < -0.4 is 10.1 Å². The van der Waals surface area contributed by atoms with E-state index in [0.717, 1.165) is 31.4 Å². The van der Waals surface area contributed by atoms with Crippen LogP contribution in [0.15, 0.2) is 24.3 Å². The number of hydrogen-bond acceptors (Lipinski definition) is 2. The number of hydrogen-bond donors (Lipinski definition) is 1. The summed E-state index contributed by atoms with van der Waals surface area (Å²) >= 11 is 0. The minimum absolute atomic E-state index is 0.192. The molecule has 0 heterocycles. The molecule has 1 aromatic carbocycles. The Kier molecular flexibility index (Phi) is 11.0. The van der Waals surface area contributed by atoms with Crippen LogP contribution in [0.5, 0.6) is 5.75 Å². The summed E-state index contributed by atoms with van der Waals surface area (Å²) in [5.74, 6) is 1.09. The van der Waals surface area contributed by atoms with Gasteiger partial charge in [-0.25, -0.2) is 0 Å². The molecule has 2 rings (SSSR count). The lowest BCUT2D eigenvalue weighted by atomic mass is 9.98. The van der Waals surface area contributed by atoms with E-state index in [-0.39, 0.29) is 5.91 Å². The van der Waals surface area contributed by atoms with Crippen LogP contribution in [0.4, 0.5) is 0 Å². The van der Waals surface area contributed by atoms with Crippen LogP contribution >= 0.6 is 0 Å². The second-order valence-electron chi connectivity index (χ2n) is 7.97. The van der Waals surface area contributed by atoms with Gasteiger partial charge in [-0.3, -0.25) is 4.79 Å². The lowest BCUT2D eigenvalue weighted by molar-refractivity contribution is -0.122. The van der Waals surface area contributed by atoms with E-state index in [1.165, 1.54) is 63.4 Å². The number of benzene rings is 1. The Balaban J connectivity index is 1.63. The van der Waals surface area contributed by atoms with Gasteiger partial charge in [0.25, 0.3) is 0 Å². The van der Waals surface area contributed by atoms with Crippen LogP contribution in [0.3, 0.4) is 0 Å². The van der Waals surface area contributed by atoms with Crippen molar-refractivity contribution < 1.29 is 9.53 Å². The van der Waals surface area contributed by atoms with Crippen molar-refractivity contribution in [3.05, 3.63) is 29.8 Å². The molecule has 3 nitrogen and oxygen atoms in total. The zero-order chi connectivity index (χ0) is 19.2. The van der Waals surface area contributed by atoms with Crippen molar-refractivity contribution in [2.75, 3.05) is 6.61 Å². The van der Waals surface area contributed by atoms with Crippen LogP contribution in [0, 0.1) is 0 Å². The van der Waals surface area contributed by atoms with Gasteiger partial charge in [-0.1, -0.05) is 76.8 Å². The van der Waals surface area contributed by atoms with Gasteiger partial charge in [-0.15, -0.1) is 0 Å². The van der Waals surface area contributed by atoms with E-state index in [4.69, 9.17) is 4.74 Å². The Hall–Kier alpha value is -1.51. The summed E-state index contributed by atoms with van der Waals surface area (Å²) < 4.78 is 5.76. The summed E-state index contributed by atoms with van der Waals surface area (Å²) in [6, 6.07) is 8.62. The van der Waals surface area contributed by atoms with Gasteiger partial charge >= 0.3 is 0 Å². The number of rotatable bonds is 7. The van der Waals surface area contributed by atoms with E-state index in [9.17, 15) is 4.79 Å². The van der Waals surface area contributed by atoms with E-state index in [0.29, 0.717) is 19.1 Å². The van der Waals surface area contributed by atoms with Crippen molar-refractivity contribution in [2.24, 2.45) is 0 Å². The maximum atomic E-state index is 12.3. The Morgan fingerprint density at radius 3 is 2.04 bits per heavy atom. The molecular formula is C24H39NO2. The first kappa shape index (κ1) is 21.8. The predicted octanol–water partition coefficient (Wildman–Crippen LogP) is 6.20. The summed E-state index contributed by atoms with van der Waals surface area (Å²) in [5.41, 5.74) is 1.32. The molecule has 1 N–H and O–H groups in total. The number of aryl methyl sites for hydroxylation is 1. The van der Waals surface area contributed by atoms with Gasteiger partial charge in [0.05, 0.1) is 6.61 Å². The van der Waals surface area contributed by atoms with Crippen molar-refractivity contribution in [3.8, 4) is 5.75 Å². The number of carbonyl (C=O) groups excluding carboxylic acids is 1. The zero-order valence-electron chi connectivity index (χ0n) is 17.3. The SMILES string of the molecule is CCc1ccc(OCCCC(=O)NC2CCCCCCCCCCC2)cc1. The predicted molar refractivity (Wildman–Crippen MR) is 113 cm³/mol. The van der Waals surface area contributed by atoms with Gasteiger partial charge < -0.3 is 10.1 Å². The van der Waals surface area contributed by atoms with Crippen molar-refractivity contribution in [1.82, 2.24) is 5.32 Å². The molecule has 1 saturated carbocycles. The van der Waals surface area contributed by atoms with Gasteiger partial charge in [0.15, 0.2) is 0 Å². The third kappa shape index (κ3) is 9.83. The van der Waals surface area contributed by atoms with Crippen molar-refractivity contribution >= 4 is 5.91 Å². The molecule has 1 fully saturated rings.